The fourth-order valence-corrected chi connectivity index (χ4v) is 1.91. The van der Waals surface area contributed by atoms with Crippen molar-refractivity contribution >= 4 is 0 Å². The van der Waals surface area contributed by atoms with Gasteiger partial charge in [-0.1, -0.05) is 32.1 Å². The van der Waals surface area contributed by atoms with Crippen LogP contribution in [0.1, 0.15) is 64.7 Å². The summed E-state index contributed by atoms with van der Waals surface area (Å²) in [7, 11) is 0. The quantitative estimate of drug-likeness (QED) is 0.479. The number of hydrogen-bond donors (Lipinski definition) is 3. The van der Waals surface area contributed by atoms with Gasteiger partial charge in [0.1, 0.15) is 0 Å². The molecular formula is C13H28O3. The van der Waals surface area contributed by atoms with Crippen LogP contribution in [0.25, 0.3) is 0 Å². The lowest BCUT2D eigenvalue weighted by molar-refractivity contribution is 0.0326. The van der Waals surface area contributed by atoms with E-state index in [-0.39, 0.29) is 6.61 Å². The molecule has 98 valence electrons. The predicted molar refractivity (Wildman–Crippen MR) is 66.3 cm³/mol. The highest BCUT2D eigenvalue weighted by Gasteiger charge is 2.18. The Morgan fingerprint density at radius 2 is 1.12 bits per heavy atom. The largest absolute Gasteiger partial charge is 0.396 e. The van der Waals surface area contributed by atoms with E-state index in [0.717, 1.165) is 32.1 Å². The third kappa shape index (κ3) is 10.4. The molecule has 0 amide bonds. The number of aliphatic hydroxyl groups excluding tert-OH is 2. The minimum atomic E-state index is -0.603. The Morgan fingerprint density at radius 3 is 1.69 bits per heavy atom. The van der Waals surface area contributed by atoms with Crippen molar-refractivity contribution in [1.82, 2.24) is 0 Å². The van der Waals surface area contributed by atoms with Crippen molar-refractivity contribution in [3.05, 3.63) is 0 Å². The monoisotopic (exact) mass is 232 g/mol. The summed E-state index contributed by atoms with van der Waals surface area (Å²) in [5.41, 5.74) is -0.603. The van der Waals surface area contributed by atoms with E-state index in [2.05, 4.69) is 0 Å². The molecule has 0 aromatic carbocycles. The highest BCUT2D eigenvalue weighted by Crippen LogP contribution is 2.20. The van der Waals surface area contributed by atoms with Crippen molar-refractivity contribution in [1.29, 1.82) is 0 Å². The number of rotatable bonds is 11. The highest BCUT2D eigenvalue weighted by molar-refractivity contribution is 4.71. The van der Waals surface area contributed by atoms with Gasteiger partial charge in [0, 0.05) is 13.2 Å². The summed E-state index contributed by atoms with van der Waals surface area (Å²) in [6.07, 6.45) is 8.80. The zero-order chi connectivity index (χ0) is 12.3. The molecule has 1 unspecified atom stereocenters. The summed E-state index contributed by atoms with van der Waals surface area (Å²) in [5, 5.41) is 27.2. The average Bonchev–Trinajstić information content (AvgIpc) is 2.25. The van der Waals surface area contributed by atoms with Gasteiger partial charge in [-0.3, -0.25) is 0 Å². The molecule has 0 bridgehead atoms. The first kappa shape index (κ1) is 15.9. The lowest BCUT2D eigenvalue weighted by Crippen LogP contribution is -2.24. The summed E-state index contributed by atoms with van der Waals surface area (Å²) >= 11 is 0. The van der Waals surface area contributed by atoms with Gasteiger partial charge in [0.25, 0.3) is 0 Å². The standard InChI is InChI=1S/C13H28O3/c1-13(16,10-8-12-15)9-6-4-2-3-5-7-11-14/h14-16H,2-12H2,1H3. The lowest BCUT2D eigenvalue weighted by Gasteiger charge is -2.22. The maximum Gasteiger partial charge on any atom is 0.0620 e. The van der Waals surface area contributed by atoms with Crippen LogP contribution in [0.15, 0.2) is 0 Å². The van der Waals surface area contributed by atoms with Gasteiger partial charge in [0.05, 0.1) is 5.60 Å². The maximum absolute atomic E-state index is 9.94. The van der Waals surface area contributed by atoms with E-state index in [1.54, 1.807) is 0 Å². The van der Waals surface area contributed by atoms with Crippen LogP contribution >= 0.6 is 0 Å². The first-order chi connectivity index (χ1) is 7.62. The van der Waals surface area contributed by atoms with Gasteiger partial charge in [0.2, 0.25) is 0 Å². The maximum atomic E-state index is 9.94. The lowest BCUT2D eigenvalue weighted by atomic mass is 9.93. The summed E-state index contributed by atoms with van der Waals surface area (Å²) in [6, 6.07) is 0. The van der Waals surface area contributed by atoms with Gasteiger partial charge in [-0.15, -0.1) is 0 Å². The zero-order valence-electron chi connectivity index (χ0n) is 10.6. The average molecular weight is 232 g/mol. The third-order valence-electron chi connectivity index (χ3n) is 3.00. The fraction of sp³-hybridized carbons (Fsp3) is 1.00. The summed E-state index contributed by atoms with van der Waals surface area (Å²) in [6.45, 7) is 2.32. The normalized spacial score (nSPS) is 15.0. The number of hydrogen-bond acceptors (Lipinski definition) is 3. The Balaban J connectivity index is 3.29. The highest BCUT2D eigenvalue weighted by atomic mass is 16.3. The van der Waals surface area contributed by atoms with E-state index in [9.17, 15) is 5.11 Å². The Morgan fingerprint density at radius 1 is 0.688 bits per heavy atom. The van der Waals surface area contributed by atoms with Crippen molar-refractivity contribution in [2.75, 3.05) is 13.2 Å². The molecule has 0 aliphatic rings. The Hall–Kier alpha value is -0.120. The fourth-order valence-electron chi connectivity index (χ4n) is 1.91. The molecule has 3 nitrogen and oxygen atoms in total. The SMILES string of the molecule is CC(O)(CCCO)CCCCCCCCO. The van der Waals surface area contributed by atoms with Crippen LogP contribution in [0.3, 0.4) is 0 Å². The van der Waals surface area contributed by atoms with Gasteiger partial charge in [-0.05, 0) is 32.6 Å². The second-order valence-corrected chi connectivity index (χ2v) is 4.92. The first-order valence-electron chi connectivity index (χ1n) is 6.56. The van der Waals surface area contributed by atoms with Crippen LogP contribution in [0.2, 0.25) is 0 Å². The molecule has 3 heteroatoms. The first-order valence-corrected chi connectivity index (χ1v) is 6.56. The van der Waals surface area contributed by atoms with Crippen LogP contribution in [-0.4, -0.2) is 34.1 Å². The minimum Gasteiger partial charge on any atom is -0.396 e. The Labute approximate surface area is 99.5 Å². The molecule has 0 rings (SSSR count). The molecule has 1 atom stereocenters. The predicted octanol–water partition coefficient (Wildman–Crippen LogP) is 2.23. The Bertz CT molecular complexity index is 146. The van der Waals surface area contributed by atoms with E-state index in [4.69, 9.17) is 10.2 Å². The van der Waals surface area contributed by atoms with E-state index in [1.165, 1.54) is 12.8 Å². The second kappa shape index (κ2) is 10.1. The van der Waals surface area contributed by atoms with Crippen molar-refractivity contribution < 1.29 is 15.3 Å². The molecule has 0 saturated heterocycles. The molecular weight excluding hydrogens is 204 g/mol. The van der Waals surface area contributed by atoms with Gasteiger partial charge >= 0.3 is 0 Å². The van der Waals surface area contributed by atoms with Crippen molar-refractivity contribution in [3.8, 4) is 0 Å². The molecule has 0 saturated carbocycles. The van der Waals surface area contributed by atoms with E-state index < -0.39 is 5.60 Å². The summed E-state index contributed by atoms with van der Waals surface area (Å²) in [5.74, 6) is 0. The molecule has 0 aromatic heterocycles. The Kier molecular flexibility index (Phi) is 9.99. The van der Waals surface area contributed by atoms with Crippen molar-refractivity contribution in [2.24, 2.45) is 0 Å². The topological polar surface area (TPSA) is 60.7 Å². The van der Waals surface area contributed by atoms with E-state index >= 15 is 0 Å². The molecule has 0 spiro atoms. The van der Waals surface area contributed by atoms with Crippen molar-refractivity contribution in [2.45, 2.75) is 70.3 Å². The van der Waals surface area contributed by atoms with Crippen LogP contribution in [0.4, 0.5) is 0 Å². The third-order valence-corrected chi connectivity index (χ3v) is 3.00. The molecule has 16 heavy (non-hydrogen) atoms. The van der Waals surface area contributed by atoms with Crippen LogP contribution in [0.5, 0.6) is 0 Å². The number of unbranched alkanes of at least 4 members (excludes halogenated alkanes) is 5. The van der Waals surface area contributed by atoms with Gasteiger partial charge in [0.15, 0.2) is 0 Å². The van der Waals surface area contributed by atoms with Gasteiger partial charge < -0.3 is 15.3 Å². The molecule has 0 aliphatic heterocycles. The molecule has 3 N–H and O–H groups in total. The zero-order valence-corrected chi connectivity index (χ0v) is 10.6. The molecule has 0 fully saturated rings. The number of aliphatic hydroxyl groups is 3. The summed E-state index contributed by atoms with van der Waals surface area (Å²) in [4.78, 5) is 0. The second-order valence-electron chi connectivity index (χ2n) is 4.92. The van der Waals surface area contributed by atoms with E-state index in [0.29, 0.717) is 19.4 Å². The van der Waals surface area contributed by atoms with Gasteiger partial charge in [-0.2, -0.15) is 0 Å². The molecule has 0 heterocycles. The molecule has 0 radical (unpaired) electrons. The van der Waals surface area contributed by atoms with Crippen LogP contribution in [0, 0.1) is 0 Å². The van der Waals surface area contributed by atoms with Crippen LogP contribution in [-0.2, 0) is 0 Å². The van der Waals surface area contributed by atoms with Crippen molar-refractivity contribution in [3.63, 3.8) is 0 Å². The molecule has 0 aliphatic carbocycles. The smallest absolute Gasteiger partial charge is 0.0620 e. The minimum absolute atomic E-state index is 0.164. The summed E-state index contributed by atoms with van der Waals surface area (Å²) < 4.78 is 0. The van der Waals surface area contributed by atoms with Gasteiger partial charge in [-0.25, -0.2) is 0 Å². The molecule has 0 aromatic rings. The van der Waals surface area contributed by atoms with Crippen LogP contribution < -0.4 is 0 Å². The van der Waals surface area contributed by atoms with E-state index in [1.807, 2.05) is 6.92 Å².